The Morgan fingerprint density at radius 1 is 1.38 bits per heavy atom. The zero-order valence-corrected chi connectivity index (χ0v) is 10.2. The maximum atomic E-state index is 10.5. The second-order valence-corrected chi connectivity index (χ2v) is 4.61. The summed E-state index contributed by atoms with van der Waals surface area (Å²) >= 11 is 3.41. The Morgan fingerprint density at radius 3 is 2.25 bits per heavy atom. The molecule has 0 fully saturated rings. The average Bonchev–Trinajstić information content (AvgIpc) is 2.15. The predicted molar refractivity (Wildman–Crippen MR) is 63.0 cm³/mol. The normalized spacial score (nSPS) is 11.0. The minimum Gasteiger partial charge on any atom is -0.399 e. The van der Waals surface area contributed by atoms with Crippen molar-refractivity contribution >= 4 is 23.8 Å². The lowest BCUT2D eigenvalue weighted by Gasteiger charge is -2.15. The summed E-state index contributed by atoms with van der Waals surface area (Å²) in [5.74, 6) is 0.363. The number of aromatic nitrogens is 2. The van der Waals surface area contributed by atoms with Gasteiger partial charge >= 0.3 is 5.30 Å². The number of nitrogens with zero attached hydrogens (tertiary/aromatic N) is 2. The van der Waals surface area contributed by atoms with Crippen LogP contribution >= 0.6 is 12.6 Å². The molecule has 0 bridgehead atoms. The van der Waals surface area contributed by atoms with Gasteiger partial charge in [-0.15, -0.1) is 0 Å². The van der Waals surface area contributed by atoms with E-state index in [0.717, 1.165) is 0 Å². The summed E-state index contributed by atoms with van der Waals surface area (Å²) in [5.41, 5.74) is 0.191. The molecule has 0 amide bonds. The molecule has 16 heavy (non-hydrogen) atoms. The Bertz CT molecular complexity index is 409. The molecule has 6 heteroatoms. The summed E-state index contributed by atoms with van der Waals surface area (Å²) in [6.07, 6.45) is 2.90. The van der Waals surface area contributed by atoms with Crippen LogP contribution in [0.25, 0.3) is 0 Å². The topological polar surface area (TPSA) is 75.9 Å². The van der Waals surface area contributed by atoms with Gasteiger partial charge in [-0.25, -0.2) is 14.8 Å². The predicted octanol–water partition coefficient (Wildman–Crippen LogP) is 2.17. The first-order valence-electron chi connectivity index (χ1n) is 4.63. The zero-order chi connectivity index (χ0) is 12.3. The first-order valence-corrected chi connectivity index (χ1v) is 5.07. The molecular formula is C10H13N3O2S. The molecule has 1 heterocycles. The van der Waals surface area contributed by atoms with Gasteiger partial charge in [0.05, 0.1) is 5.56 Å². The highest BCUT2D eigenvalue weighted by atomic mass is 32.1. The highest BCUT2D eigenvalue weighted by molar-refractivity contribution is 7.96. The van der Waals surface area contributed by atoms with E-state index in [2.05, 4.69) is 27.3 Å². The van der Waals surface area contributed by atoms with Crippen LogP contribution in [0.5, 0.6) is 0 Å². The third-order valence-corrected chi connectivity index (χ3v) is 1.87. The van der Waals surface area contributed by atoms with Crippen molar-refractivity contribution in [1.29, 1.82) is 5.41 Å². The molecule has 0 atom stereocenters. The van der Waals surface area contributed by atoms with Gasteiger partial charge in [0.1, 0.15) is 5.82 Å². The molecule has 0 aliphatic carbocycles. The molecule has 1 N–H and O–H groups in total. The van der Waals surface area contributed by atoms with Gasteiger partial charge in [0.25, 0.3) is 0 Å². The highest BCUT2D eigenvalue weighted by Crippen LogP contribution is 2.17. The van der Waals surface area contributed by atoms with Crippen LogP contribution in [-0.2, 0) is 10.2 Å². The van der Waals surface area contributed by atoms with Crippen molar-refractivity contribution in [2.45, 2.75) is 26.2 Å². The fourth-order valence-electron chi connectivity index (χ4n) is 0.979. The Balaban J connectivity index is 2.87. The van der Waals surface area contributed by atoms with Crippen molar-refractivity contribution in [3.8, 4) is 0 Å². The number of rotatable bonds is 1. The van der Waals surface area contributed by atoms with E-state index in [1.54, 1.807) is 0 Å². The van der Waals surface area contributed by atoms with Gasteiger partial charge < -0.3 is 4.74 Å². The first kappa shape index (κ1) is 12.6. The quantitative estimate of drug-likeness (QED) is 0.341. The lowest BCUT2D eigenvalue weighted by molar-refractivity contribution is 0.225. The number of ether oxygens (including phenoxy) is 1. The van der Waals surface area contributed by atoms with E-state index in [1.165, 1.54) is 12.4 Å². The summed E-state index contributed by atoms with van der Waals surface area (Å²) < 4.78 is 4.49. The highest BCUT2D eigenvalue weighted by Gasteiger charge is 2.17. The van der Waals surface area contributed by atoms with E-state index in [9.17, 15) is 4.79 Å². The molecular weight excluding hydrogens is 226 g/mol. The number of hydrogen-bond acceptors (Lipinski definition) is 5. The van der Waals surface area contributed by atoms with Gasteiger partial charge in [-0.1, -0.05) is 33.4 Å². The van der Waals surface area contributed by atoms with Crippen LogP contribution in [0.2, 0.25) is 0 Å². The van der Waals surface area contributed by atoms with Crippen molar-refractivity contribution in [1.82, 2.24) is 9.97 Å². The van der Waals surface area contributed by atoms with Gasteiger partial charge in [-0.3, -0.25) is 5.41 Å². The van der Waals surface area contributed by atoms with Crippen LogP contribution in [0.3, 0.4) is 0 Å². The monoisotopic (exact) mass is 239 g/mol. The minimum absolute atomic E-state index is 0.152. The Morgan fingerprint density at radius 2 is 1.88 bits per heavy atom. The third-order valence-electron chi connectivity index (χ3n) is 1.77. The molecule has 0 aliphatic rings. The van der Waals surface area contributed by atoms with Crippen LogP contribution in [0.4, 0.5) is 4.79 Å². The maximum Gasteiger partial charge on any atom is 0.370 e. The summed E-state index contributed by atoms with van der Waals surface area (Å²) in [6.45, 7) is 5.96. The minimum atomic E-state index is -0.829. The van der Waals surface area contributed by atoms with Crippen LogP contribution in [-0.4, -0.2) is 21.2 Å². The van der Waals surface area contributed by atoms with Crippen LogP contribution in [0, 0.1) is 5.41 Å². The van der Waals surface area contributed by atoms with Crippen molar-refractivity contribution in [2.75, 3.05) is 0 Å². The number of thiol groups is 1. The molecule has 86 valence electrons. The van der Waals surface area contributed by atoms with Crippen LogP contribution in [0.1, 0.15) is 32.2 Å². The molecule has 0 spiro atoms. The van der Waals surface area contributed by atoms with Gasteiger partial charge in [0.2, 0.25) is 5.90 Å². The van der Waals surface area contributed by atoms with E-state index >= 15 is 0 Å². The summed E-state index contributed by atoms with van der Waals surface area (Å²) in [4.78, 5) is 18.7. The molecule has 0 radical (unpaired) electrons. The van der Waals surface area contributed by atoms with Gasteiger partial charge in [0.15, 0.2) is 0 Å². The average molecular weight is 239 g/mol. The Labute approximate surface area is 99.2 Å². The molecule has 1 rings (SSSR count). The molecule has 1 aromatic heterocycles. The standard InChI is InChI=1S/C10H13N3O2S/c1-10(2,3)8-12-4-6(5-13-8)7(11)15-9(14)16/h4-5,11H,1-3H3,(H,14,16). The second-order valence-electron chi connectivity index (χ2n) is 4.24. The first-order chi connectivity index (χ1) is 7.30. The SMILES string of the molecule is CC(C)(C)c1ncc(C(=N)OC(=O)S)cn1. The van der Waals surface area contributed by atoms with Crippen molar-refractivity contribution in [3.63, 3.8) is 0 Å². The molecule has 5 nitrogen and oxygen atoms in total. The van der Waals surface area contributed by atoms with Crippen molar-refractivity contribution in [3.05, 3.63) is 23.8 Å². The fraction of sp³-hybridized carbons (Fsp3) is 0.400. The van der Waals surface area contributed by atoms with Gasteiger partial charge in [-0.05, 0) is 0 Å². The number of hydrogen-bond donors (Lipinski definition) is 2. The largest absolute Gasteiger partial charge is 0.399 e. The van der Waals surface area contributed by atoms with E-state index in [4.69, 9.17) is 5.41 Å². The number of carbonyl (C=O) groups excluding carboxylic acids is 1. The molecule has 1 aromatic rings. The van der Waals surface area contributed by atoms with Crippen LogP contribution in [0.15, 0.2) is 12.4 Å². The molecule has 0 aliphatic heterocycles. The van der Waals surface area contributed by atoms with Crippen molar-refractivity contribution < 1.29 is 9.53 Å². The molecule has 0 saturated carbocycles. The zero-order valence-electron chi connectivity index (χ0n) is 9.31. The van der Waals surface area contributed by atoms with E-state index in [1.807, 2.05) is 20.8 Å². The van der Waals surface area contributed by atoms with E-state index in [0.29, 0.717) is 11.4 Å². The molecule has 0 unspecified atom stereocenters. The summed E-state index contributed by atoms with van der Waals surface area (Å²) in [6, 6.07) is 0. The van der Waals surface area contributed by atoms with E-state index in [-0.39, 0.29) is 11.3 Å². The number of carbonyl (C=O) groups is 1. The van der Waals surface area contributed by atoms with Gasteiger partial charge in [0, 0.05) is 17.8 Å². The lowest BCUT2D eigenvalue weighted by atomic mass is 9.96. The molecule has 0 saturated heterocycles. The van der Waals surface area contributed by atoms with Crippen molar-refractivity contribution in [2.24, 2.45) is 0 Å². The lowest BCUT2D eigenvalue weighted by Crippen LogP contribution is -2.17. The van der Waals surface area contributed by atoms with E-state index < -0.39 is 5.30 Å². The van der Waals surface area contributed by atoms with Gasteiger partial charge in [-0.2, -0.15) is 0 Å². The smallest absolute Gasteiger partial charge is 0.370 e. The Hall–Kier alpha value is -1.43. The Kier molecular flexibility index (Phi) is 3.64. The molecule has 0 aromatic carbocycles. The van der Waals surface area contributed by atoms with Crippen LogP contribution < -0.4 is 0 Å². The third kappa shape index (κ3) is 3.30. The number of nitrogens with one attached hydrogen (secondary N) is 1. The maximum absolute atomic E-state index is 10.5. The fourth-order valence-corrected chi connectivity index (χ4v) is 1.07. The summed E-state index contributed by atoms with van der Waals surface area (Å²) in [5, 5.41) is 6.59. The summed E-state index contributed by atoms with van der Waals surface area (Å²) in [7, 11) is 0. The second kappa shape index (κ2) is 4.61.